The van der Waals surface area contributed by atoms with E-state index in [9.17, 15) is 4.79 Å². The molecule has 3 aromatic carbocycles. The summed E-state index contributed by atoms with van der Waals surface area (Å²) in [5.41, 5.74) is 7.79. The number of benzene rings is 3. The zero-order chi connectivity index (χ0) is 31.1. The molecule has 1 aliphatic carbocycles. The van der Waals surface area contributed by atoms with Crippen molar-refractivity contribution in [3.8, 4) is 11.5 Å². The number of nitrogens with zero attached hydrogens (tertiary/aromatic N) is 2. The van der Waals surface area contributed by atoms with Crippen LogP contribution in [0.4, 0.5) is 5.69 Å². The highest BCUT2D eigenvalue weighted by Crippen LogP contribution is 2.38. The molecule has 236 valence electrons. The van der Waals surface area contributed by atoms with E-state index < -0.39 is 0 Å². The van der Waals surface area contributed by atoms with Gasteiger partial charge < -0.3 is 29.9 Å². The number of nitrogens with one attached hydrogen (secondary N) is 2. The number of rotatable bonds is 9. The first kappa shape index (κ1) is 30.2. The first-order valence-electron chi connectivity index (χ1n) is 16.3. The zero-order valence-electron chi connectivity index (χ0n) is 26.4. The van der Waals surface area contributed by atoms with E-state index in [1.807, 2.05) is 37.3 Å². The van der Waals surface area contributed by atoms with Gasteiger partial charge >= 0.3 is 0 Å². The Hall–Kier alpha value is -3.52. The molecule has 2 saturated heterocycles. The molecule has 3 fully saturated rings. The fraction of sp³-hybridized carbons (Fsp3) is 0.432. The highest BCUT2D eigenvalue weighted by Gasteiger charge is 2.41. The second-order valence-corrected chi connectivity index (χ2v) is 13.4. The number of halogens is 1. The molecule has 0 radical (unpaired) electrons. The standard InChI is InChI=1S/C37H43ClN4O3/c1-23-7-14-35(32(38)17-23)45-30-15-16-41(22-30)28-10-8-25(9-11-28)31-18-27-19-39-20-33(40-27)36(31)37(43)42(29-12-13-29)21-26-5-4-6-34(44-3)24(26)2/h4-11,14,17,27,29-30,33,39-40H,12-13,15-16,18-22H2,1-3H3/t27-,30-,33-/m1/s1. The SMILES string of the molecule is COc1cccc(CN(C(=O)C2=C(c3ccc(N4CC[C@@H](Oc5ccc(C)cc5Cl)C4)cc3)C[C@@H]3CNC[C@H]2N3)C2CC2)c1C. The van der Waals surface area contributed by atoms with Crippen LogP contribution in [0, 0.1) is 13.8 Å². The molecule has 0 unspecified atom stereocenters. The van der Waals surface area contributed by atoms with Crippen LogP contribution >= 0.6 is 11.6 Å². The smallest absolute Gasteiger partial charge is 0.252 e. The van der Waals surface area contributed by atoms with Gasteiger partial charge in [0.05, 0.1) is 24.7 Å². The third kappa shape index (κ3) is 6.31. The normalized spacial score (nSPS) is 22.8. The number of carbonyl (C=O) groups excluding carboxylic acids is 1. The molecule has 4 aliphatic rings. The predicted molar refractivity (Wildman–Crippen MR) is 180 cm³/mol. The Kier molecular flexibility index (Phi) is 8.51. The van der Waals surface area contributed by atoms with Gasteiger partial charge in [-0.25, -0.2) is 0 Å². The molecule has 8 heteroatoms. The summed E-state index contributed by atoms with van der Waals surface area (Å²) in [7, 11) is 1.70. The molecule has 7 rings (SSSR count). The fourth-order valence-corrected chi connectivity index (χ4v) is 7.48. The number of ether oxygens (including phenoxy) is 2. The Bertz CT molecular complexity index is 1600. The van der Waals surface area contributed by atoms with E-state index in [4.69, 9.17) is 21.1 Å². The summed E-state index contributed by atoms with van der Waals surface area (Å²) in [5.74, 6) is 1.78. The molecular formula is C37H43ClN4O3. The lowest BCUT2D eigenvalue weighted by Crippen LogP contribution is -2.60. The van der Waals surface area contributed by atoms with Gasteiger partial charge in [0, 0.05) is 55.9 Å². The van der Waals surface area contributed by atoms with E-state index in [1.54, 1.807) is 7.11 Å². The van der Waals surface area contributed by atoms with E-state index in [2.05, 4.69) is 57.7 Å². The van der Waals surface area contributed by atoms with Crippen molar-refractivity contribution in [1.82, 2.24) is 15.5 Å². The number of hydrogen-bond donors (Lipinski definition) is 2. The van der Waals surface area contributed by atoms with Crippen molar-refractivity contribution < 1.29 is 14.3 Å². The number of carbonyl (C=O) groups is 1. The molecule has 3 aliphatic heterocycles. The van der Waals surface area contributed by atoms with Crippen LogP contribution < -0.4 is 25.0 Å². The lowest BCUT2D eigenvalue weighted by molar-refractivity contribution is -0.128. The quantitative estimate of drug-likeness (QED) is 0.308. The summed E-state index contributed by atoms with van der Waals surface area (Å²) < 4.78 is 11.9. The van der Waals surface area contributed by atoms with Crippen molar-refractivity contribution in [2.24, 2.45) is 0 Å². The maximum atomic E-state index is 14.6. The number of anilines is 1. The number of methoxy groups -OCH3 is 1. The van der Waals surface area contributed by atoms with Gasteiger partial charge in [-0.1, -0.05) is 41.9 Å². The number of aryl methyl sites for hydroxylation is 1. The van der Waals surface area contributed by atoms with Crippen LogP contribution in [0.3, 0.4) is 0 Å². The number of amides is 1. The molecule has 45 heavy (non-hydrogen) atoms. The number of piperazine rings is 1. The van der Waals surface area contributed by atoms with Gasteiger partial charge in [-0.15, -0.1) is 0 Å². The summed E-state index contributed by atoms with van der Waals surface area (Å²) in [6, 6.07) is 21.5. The molecule has 0 spiro atoms. The Morgan fingerprint density at radius 2 is 1.84 bits per heavy atom. The van der Waals surface area contributed by atoms with Crippen LogP contribution in [-0.4, -0.2) is 68.3 Å². The topological polar surface area (TPSA) is 66.1 Å². The molecule has 2 bridgehead atoms. The van der Waals surface area contributed by atoms with Crippen LogP contribution in [-0.2, 0) is 11.3 Å². The minimum atomic E-state index is -0.00239. The van der Waals surface area contributed by atoms with E-state index in [0.29, 0.717) is 17.6 Å². The van der Waals surface area contributed by atoms with E-state index in [0.717, 1.165) is 91.2 Å². The lowest BCUT2D eigenvalue weighted by atomic mass is 9.83. The van der Waals surface area contributed by atoms with Crippen LogP contribution in [0.1, 0.15) is 47.9 Å². The molecule has 1 amide bonds. The first-order valence-corrected chi connectivity index (χ1v) is 16.7. The molecule has 3 aromatic rings. The zero-order valence-corrected chi connectivity index (χ0v) is 27.2. The third-order valence-corrected chi connectivity index (χ3v) is 10.1. The molecular weight excluding hydrogens is 584 g/mol. The average molecular weight is 627 g/mol. The predicted octanol–water partition coefficient (Wildman–Crippen LogP) is 5.90. The number of hydrogen-bond acceptors (Lipinski definition) is 6. The molecule has 3 heterocycles. The molecule has 3 atom stereocenters. The molecule has 7 nitrogen and oxygen atoms in total. The Labute approximate surface area is 271 Å². The monoisotopic (exact) mass is 626 g/mol. The van der Waals surface area contributed by atoms with E-state index >= 15 is 0 Å². The maximum Gasteiger partial charge on any atom is 0.252 e. The van der Waals surface area contributed by atoms with Gasteiger partial charge in [0.1, 0.15) is 17.6 Å². The van der Waals surface area contributed by atoms with Gasteiger partial charge in [0.25, 0.3) is 5.91 Å². The van der Waals surface area contributed by atoms with Crippen LogP contribution in [0.15, 0.2) is 66.2 Å². The van der Waals surface area contributed by atoms with E-state index in [1.165, 1.54) is 11.3 Å². The van der Waals surface area contributed by atoms with Crippen molar-refractivity contribution in [2.45, 2.75) is 70.3 Å². The van der Waals surface area contributed by atoms with Gasteiger partial charge in [0.15, 0.2) is 0 Å². The maximum absolute atomic E-state index is 14.6. The fourth-order valence-electron chi connectivity index (χ4n) is 7.20. The summed E-state index contributed by atoms with van der Waals surface area (Å²) in [4.78, 5) is 19.1. The summed E-state index contributed by atoms with van der Waals surface area (Å²) in [6.45, 7) is 8.13. The van der Waals surface area contributed by atoms with Crippen LogP contribution in [0.2, 0.25) is 5.02 Å². The van der Waals surface area contributed by atoms with Crippen molar-refractivity contribution in [2.75, 3.05) is 38.2 Å². The summed E-state index contributed by atoms with van der Waals surface area (Å²) in [5, 5.41) is 7.99. The van der Waals surface area contributed by atoms with Crippen LogP contribution in [0.5, 0.6) is 11.5 Å². The largest absolute Gasteiger partial charge is 0.496 e. The van der Waals surface area contributed by atoms with Gasteiger partial charge in [-0.3, -0.25) is 4.79 Å². The van der Waals surface area contributed by atoms with Crippen molar-refractivity contribution in [3.05, 3.63) is 93.5 Å². The molecule has 1 saturated carbocycles. The Morgan fingerprint density at radius 1 is 1.02 bits per heavy atom. The third-order valence-electron chi connectivity index (χ3n) is 9.84. The van der Waals surface area contributed by atoms with Gasteiger partial charge in [0.2, 0.25) is 0 Å². The summed E-state index contributed by atoms with van der Waals surface area (Å²) in [6.07, 6.45) is 3.98. The first-order chi connectivity index (χ1) is 21.9. The molecule has 2 N–H and O–H groups in total. The highest BCUT2D eigenvalue weighted by atomic mass is 35.5. The lowest BCUT2D eigenvalue weighted by Gasteiger charge is -2.41. The van der Waals surface area contributed by atoms with Crippen LogP contribution in [0.25, 0.3) is 5.57 Å². The minimum absolute atomic E-state index is 0.00239. The van der Waals surface area contributed by atoms with Gasteiger partial charge in [-0.05, 0) is 91.3 Å². The van der Waals surface area contributed by atoms with Crippen molar-refractivity contribution >= 4 is 28.8 Å². The Balaban J connectivity index is 1.13. The highest BCUT2D eigenvalue weighted by molar-refractivity contribution is 6.32. The Morgan fingerprint density at radius 3 is 2.60 bits per heavy atom. The van der Waals surface area contributed by atoms with Crippen molar-refractivity contribution in [1.29, 1.82) is 0 Å². The second kappa shape index (κ2) is 12.7. The summed E-state index contributed by atoms with van der Waals surface area (Å²) >= 11 is 6.44. The minimum Gasteiger partial charge on any atom is -0.496 e. The number of fused-ring (bicyclic) bond motifs is 2. The second-order valence-electron chi connectivity index (χ2n) is 13.0. The van der Waals surface area contributed by atoms with Gasteiger partial charge in [-0.2, -0.15) is 0 Å². The molecule has 0 aromatic heterocycles. The van der Waals surface area contributed by atoms with E-state index in [-0.39, 0.29) is 24.1 Å². The van der Waals surface area contributed by atoms with Crippen molar-refractivity contribution in [3.63, 3.8) is 0 Å². The average Bonchev–Trinajstić information content (AvgIpc) is 3.78.